The number of hydrogen-bond donors (Lipinski definition) is 1. The van der Waals surface area contributed by atoms with E-state index in [1.165, 1.54) is 0 Å². The highest BCUT2D eigenvalue weighted by Crippen LogP contribution is 2.33. The van der Waals surface area contributed by atoms with Gasteiger partial charge in [0.2, 0.25) is 0 Å². The lowest BCUT2D eigenvalue weighted by molar-refractivity contribution is -0.0279. The summed E-state index contributed by atoms with van der Waals surface area (Å²) in [5.41, 5.74) is 0.262. The van der Waals surface area contributed by atoms with Crippen LogP contribution in [0.3, 0.4) is 0 Å². The molecule has 1 heterocycles. The van der Waals surface area contributed by atoms with E-state index in [1.807, 2.05) is 24.3 Å². The predicted molar refractivity (Wildman–Crippen MR) is 75.9 cm³/mol. The minimum atomic E-state index is -0.696. The molecule has 1 aliphatic heterocycles. The molecule has 0 atom stereocenters. The molecule has 0 aliphatic carbocycles. The van der Waals surface area contributed by atoms with Gasteiger partial charge in [0.1, 0.15) is 0 Å². The molecule has 0 saturated carbocycles. The topological polar surface area (TPSA) is 23.5 Å². The van der Waals surface area contributed by atoms with Crippen molar-refractivity contribution in [3.8, 4) is 0 Å². The van der Waals surface area contributed by atoms with Crippen molar-refractivity contribution in [1.82, 2.24) is 4.90 Å². The fraction of sp³-hybridized carbons (Fsp3) is 0.600. The van der Waals surface area contributed by atoms with Gasteiger partial charge in [0, 0.05) is 24.7 Å². The molecule has 0 bridgehead atoms. The summed E-state index contributed by atoms with van der Waals surface area (Å²) < 4.78 is 0. The second-order valence-corrected chi connectivity index (χ2v) is 6.17. The molecule has 0 aromatic heterocycles. The zero-order valence-corrected chi connectivity index (χ0v) is 12.0. The van der Waals surface area contributed by atoms with Gasteiger partial charge in [0.05, 0.1) is 5.60 Å². The lowest BCUT2D eigenvalue weighted by Crippen LogP contribution is -2.43. The average Bonchev–Trinajstić information content (AvgIpc) is 2.32. The number of piperidine rings is 1. The monoisotopic (exact) mass is 267 g/mol. The van der Waals surface area contributed by atoms with Gasteiger partial charge < -0.3 is 10.0 Å². The molecule has 0 amide bonds. The van der Waals surface area contributed by atoms with Gasteiger partial charge in [-0.1, -0.05) is 37.6 Å². The summed E-state index contributed by atoms with van der Waals surface area (Å²) in [5, 5.41) is 11.4. The first-order valence-corrected chi connectivity index (χ1v) is 7.08. The standard InChI is InChI=1S/C15H22ClNO/c1-12(2)11-17-8-6-15(18,7-9-17)13-4-3-5-14(16)10-13/h3-5,10,12,18H,6-9,11H2,1-2H3. The minimum absolute atomic E-state index is 0.683. The molecule has 1 saturated heterocycles. The first-order valence-electron chi connectivity index (χ1n) is 6.70. The summed E-state index contributed by atoms with van der Waals surface area (Å²) >= 11 is 6.00. The third kappa shape index (κ3) is 3.25. The van der Waals surface area contributed by atoms with Crippen LogP contribution < -0.4 is 0 Å². The molecule has 1 aromatic carbocycles. The molecule has 1 aromatic rings. The highest BCUT2D eigenvalue weighted by atomic mass is 35.5. The van der Waals surface area contributed by atoms with Crippen LogP contribution in [0.5, 0.6) is 0 Å². The largest absolute Gasteiger partial charge is 0.385 e. The van der Waals surface area contributed by atoms with Gasteiger partial charge in [-0.2, -0.15) is 0 Å². The van der Waals surface area contributed by atoms with E-state index in [9.17, 15) is 5.11 Å². The highest BCUT2D eigenvalue weighted by Gasteiger charge is 2.33. The summed E-state index contributed by atoms with van der Waals surface area (Å²) in [7, 11) is 0. The van der Waals surface area contributed by atoms with Crippen LogP contribution in [0.1, 0.15) is 32.3 Å². The maximum atomic E-state index is 10.7. The quantitative estimate of drug-likeness (QED) is 0.909. The van der Waals surface area contributed by atoms with E-state index in [1.54, 1.807) is 0 Å². The second-order valence-electron chi connectivity index (χ2n) is 5.74. The van der Waals surface area contributed by atoms with Crippen molar-refractivity contribution in [2.45, 2.75) is 32.3 Å². The zero-order chi connectivity index (χ0) is 13.2. The molecule has 1 N–H and O–H groups in total. The fourth-order valence-electron chi connectivity index (χ4n) is 2.69. The average molecular weight is 268 g/mol. The van der Waals surface area contributed by atoms with Crippen LogP contribution in [0, 0.1) is 5.92 Å². The van der Waals surface area contributed by atoms with Gasteiger partial charge in [-0.05, 0) is 36.5 Å². The van der Waals surface area contributed by atoms with E-state index in [0.717, 1.165) is 38.0 Å². The Hall–Kier alpha value is -0.570. The Morgan fingerprint density at radius 3 is 2.56 bits per heavy atom. The number of hydrogen-bond acceptors (Lipinski definition) is 2. The number of likely N-dealkylation sites (tertiary alicyclic amines) is 1. The Morgan fingerprint density at radius 2 is 2.00 bits per heavy atom. The number of aliphatic hydroxyl groups is 1. The van der Waals surface area contributed by atoms with Crippen molar-refractivity contribution < 1.29 is 5.11 Å². The van der Waals surface area contributed by atoms with Crippen molar-refractivity contribution >= 4 is 11.6 Å². The normalized spacial score (nSPS) is 20.3. The lowest BCUT2D eigenvalue weighted by Gasteiger charge is -2.39. The second kappa shape index (κ2) is 5.60. The van der Waals surface area contributed by atoms with E-state index in [-0.39, 0.29) is 0 Å². The van der Waals surface area contributed by atoms with Gasteiger partial charge >= 0.3 is 0 Å². The van der Waals surface area contributed by atoms with Gasteiger partial charge in [-0.15, -0.1) is 0 Å². The Kier molecular flexibility index (Phi) is 4.31. The molecular weight excluding hydrogens is 246 g/mol. The third-order valence-electron chi connectivity index (χ3n) is 3.67. The third-order valence-corrected chi connectivity index (χ3v) is 3.90. The van der Waals surface area contributed by atoms with Crippen LogP contribution in [0.15, 0.2) is 24.3 Å². The summed E-state index contributed by atoms with van der Waals surface area (Å²) in [6.45, 7) is 7.50. The maximum absolute atomic E-state index is 10.7. The van der Waals surface area contributed by atoms with Crippen molar-refractivity contribution in [3.05, 3.63) is 34.9 Å². The molecule has 1 fully saturated rings. The first-order chi connectivity index (χ1) is 8.49. The van der Waals surface area contributed by atoms with Crippen molar-refractivity contribution in [2.75, 3.05) is 19.6 Å². The van der Waals surface area contributed by atoms with E-state index in [2.05, 4.69) is 18.7 Å². The smallest absolute Gasteiger partial charge is 0.0921 e. The van der Waals surface area contributed by atoms with E-state index >= 15 is 0 Å². The molecule has 18 heavy (non-hydrogen) atoms. The first kappa shape index (κ1) is 13.9. The summed E-state index contributed by atoms with van der Waals surface area (Å²) in [6, 6.07) is 7.63. The number of halogens is 1. The van der Waals surface area contributed by atoms with Gasteiger partial charge in [0.25, 0.3) is 0 Å². The van der Waals surface area contributed by atoms with E-state index in [0.29, 0.717) is 10.9 Å². The van der Waals surface area contributed by atoms with Crippen molar-refractivity contribution in [3.63, 3.8) is 0 Å². The highest BCUT2D eigenvalue weighted by molar-refractivity contribution is 6.30. The van der Waals surface area contributed by atoms with Crippen LogP contribution in [0.25, 0.3) is 0 Å². The SMILES string of the molecule is CC(C)CN1CCC(O)(c2cccc(Cl)c2)CC1. The molecule has 2 nitrogen and oxygen atoms in total. The molecule has 0 radical (unpaired) electrons. The molecular formula is C15H22ClNO. The molecule has 1 aliphatic rings. The van der Waals surface area contributed by atoms with Crippen LogP contribution in [-0.2, 0) is 5.60 Å². The van der Waals surface area contributed by atoms with Crippen LogP contribution in [0.4, 0.5) is 0 Å². The van der Waals surface area contributed by atoms with E-state index < -0.39 is 5.60 Å². The van der Waals surface area contributed by atoms with Crippen LogP contribution in [-0.4, -0.2) is 29.6 Å². The lowest BCUT2D eigenvalue weighted by atomic mass is 9.84. The summed E-state index contributed by atoms with van der Waals surface area (Å²) in [4.78, 5) is 2.43. The number of benzene rings is 1. The number of nitrogens with zero attached hydrogens (tertiary/aromatic N) is 1. The van der Waals surface area contributed by atoms with Crippen LogP contribution >= 0.6 is 11.6 Å². The number of rotatable bonds is 3. The van der Waals surface area contributed by atoms with Gasteiger partial charge in [-0.25, -0.2) is 0 Å². The molecule has 2 rings (SSSR count). The Labute approximate surface area is 115 Å². The molecule has 100 valence electrons. The van der Waals surface area contributed by atoms with Gasteiger partial charge in [-0.3, -0.25) is 0 Å². The fourth-order valence-corrected chi connectivity index (χ4v) is 2.88. The molecule has 3 heteroatoms. The summed E-state index contributed by atoms with van der Waals surface area (Å²) in [6.07, 6.45) is 1.58. The molecule has 0 unspecified atom stereocenters. The van der Waals surface area contributed by atoms with E-state index in [4.69, 9.17) is 11.6 Å². The summed E-state index contributed by atoms with van der Waals surface area (Å²) in [5.74, 6) is 0.683. The minimum Gasteiger partial charge on any atom is -0.385 e. The van der Waals surface area contributed by atoms with Gasteiger partial charge in [0.15, 0.2) is 0 Å². The maximum Gasteiger partial charge on any atom is 0.0921 e. The van der Waals surface area contributed by atoms with Crippen LogP contribution in [0.2, 0.25) is 5.02 Å². The molecule has 0 spiro atoms. The Balaban J connectivity index is 2.03. The Morgan fingerprint density at radius 1 is 1.33 bits per heavy atom. The Bertz CT molecular complexity index is 397. The van der Waals surface area contributed by atoms with Crippen molar-refractivity contribution in [2.24, 2.45) is 5.92 Å². The zero-order valence-electron chi connectivity index (χ0n) is 11.2. The predicted octanol–water partition coefficient (Wildman–Crippen LogP) is 3.28. The van der Waals surface area contributed by atoms with Crippen molar-refractivity contribution in [1.29, 1.82) is 0 Å².